The SMILES string of the molecule is [18F]c1ccc(/C=C/CN2CCCCC2)cc1. The fourth-order valence-electron chi connectivity index (χ4n) is 2.05. The zero-order valence-corrected chi connectivity index (χ0v) is 9.53. The standard InChI is InChI=1S/C14H18FN/c15-14-8-6-13(7-9-14)5-4-12-16-10-2-1-3-11-16/h4-9H,1-3,10-12H2/b5-4+/i15-1. The van der Waals surface area contributed by atoms with Crippen LogP contribution in [0.15, 0.2) is 30.3 Å². The normalized spacial score (nSPS) is 18.1. The fourth-order valence-corrected chi connectivity index (χ4v) is 2.05. The molecule has 0 unspecified atom stereocenters. The molecule has 1 saturated heterocycles. The van der Waals surface area contributed by atoms with Gasteiger partial charge < -0.3 is 0 Å². The van der Waals surface area contributed by atoms with Crippen molar-refractivity contribution in [3.63, 3.8) is 0 Å². The average molecular weight is 218 g/mol. The van der Waals surface area contributed by atoms with Crippen molar-refractivity contribution in [3.05, 3.63) is 41.7 Å². The third-order valence-electron chi connectivity index (χ3n) is 2.99. The maximum atomic E-state index is 12.7. The van der Waals surface area contributed by atoms with Gasteiger partial charge in [-0.25, -0.2) is 4.39 Å². The molecule has 1 fully saturated rings. The first-order valence-corrected chi connectivity index (χ1v) is 5.99. The summed E-state index contributed by atoms with van der Waals surface area (Å²) in [7, 11) is 0. The molecule has 0 spiro atoms. The quantitative estimate of drug-likeness (QED) is 0.752. The van der Waals surface area contributed by atoms with Crippen LogP contribution in [0.5, 0.6) is 0 Å². The van der Waals surface area contributed by atoms with Gasteiger partial charge in [-0.05, 0) is 43.6 Å². The molecular weight excluding hydrogens is 200 g/mol. The molecule has 0 bridgehead atoms. The lowest BCUT2D eigenvalue weighted by molar-refractivity contribution is 0.252. The van der Waals surface area contributed by atoms with Crippen LogP contribution in [0, 0.1) is 5.82 Å². The van der Waals surface area contributed by atoms with Crippen LogP contribution >= 0.6 is 0 Å². The Morgan fingerprint density at radius 1 is 1.06 bits per heavy atom. The molecule has 1 aromatic rings. The molecule has 1 aliphatic rings. The van der Waals surface area contributed by atoms with E-state index in [1.807, 2.05) is 12.1 Å². The molecule has 0 radical (unpaired) electrons. The Kier molecular flexibility index (Phi) is 4.11. The highest BCUT2D eigenvalue weighted by Crippen LogP contribution is 2.09. The summed E-state index contributed by atoms with van der Waals surface area (Å²) in [6, 6.07) is 6.62. The molecule has 86 valence electrons. The number of hydrogen-bond donors (Lipinski definition) is 0. The van der Waals surface area contributed by atoms with Crippen molar-refractivity contribution in [2.75, 3.05) is 19.6 Å². The highest BCUT2D eigenvalue weighted by molar-refractivity contribution is 5.48. The van der Waals surface area contributed by atoms with E-state index >= 15 is 0 Å². The number of benzene rings is 1. The van der Waals surface area contributed by atoms with E-state index in [0.29, 0.717) is 0 Å². The van der Waals surface area contributed by atoms with Crippen molar-refractivity contribution >= 4 is 6.08 Å². The Balaban J connectivity index is 1.82. The molecule has 1 aliphatic heterocycles. The van der Waals surface area contributed by atoms with Gasteiger partial charge in [-0.1, -0.05) is 30.7 Å². The Hall–Kier alpha value is -1.15. The van der Waals surface area contributed by atoms with Gasteiger partial charge in [0.25, 0.3) is 0 Å². The van der Waals surface area contributed by atoms with E-state index in [4.69, 9.17) is 0 Å². The van der Waals surface area contributed by atoms with Crippen LogP contribution in [0.1, 0.15) is 24.8 Å². The van der Waals surface area contributed by atoms with Gasteiger partial charge in [0.05, 0.1) is 0 Å². The molecule has 1 aromatic carbocycles. The molecular formula is C14H18FN. The van der Waals surface area contributed by atoms with Gasteiger partial charge in [-0.3, -0.25) is 4.90 Å². The maximum Gasteiger partial charge on any atom is 0.123 e. The highest BCUT2D eigenvalue weighted by atomic mass is 18.2. The Morgan fingerprint density at radius 3 is 2.44 bits per heavy atom. The predicted octanol–water partition coefficient (Wildman–Crippen LogP) is 3.32. The summed E-state index contributed by atoms with van der Waals surface area (Å²) in [5.41, 5.74) is 1.07. The minimum absolute atomic E-state index is 0.173. The topological polar surface area (TPSA) is 3.24 Å². The minimum atomic E-state index is -0.173. The summed E-state index contributed by atoms with van der Waals surface area (Å²) >= 11 is 0. The number of nitrogens with zero attached hydrogens (tertiary/aromatic N) is 1. The lowest BCUT2D eigenvalue weighted by Crippen LogP contribution is -2.29. The molecule has 0 aromatic heterocycles. The molecule has 1 heterocycles. The lowest BCUT2D eigenvalue weighted by Gasteiger charge is -2.24. The second-order valence-corrected chi connectivity index (χ2v) is 4.32. The number of likely N-dealkylation sites (tertiary alicyclic amines) is 1. The lowest BCUT2D eigenvalue weighted by atomic mass is 10.1. The van der Waals surface area contributed by atoms with Crippen LogP contribution in [-0.4, -0.2) is 24.5 Å². The highest BCUT2D eigenvalue weighted by Gasteiger charge is 2.07. The van der Waals surface area contributed by atoms with Crippen molar-refractivity contribution in [2.24, 2.45) is 0 Å². The van der Waals surface area contributed by atoms with E-state index < -0.39 is 0 Å². The van der Waals surface area contributed by atoms with E-state index in [9.17, 15) is 4.39 Å². The van der Waals surface area contributed by atoms with E-state index in [0.717, 1.165) is 12.1 Å². The summed E-state index contributed by atoms with van der Waals surface area (Å²) in [6.07, 6.45) is 8.25. The van der Waals surface area contributed by atoms with Crippen LogP contribution in [-0.2, 0) is 0 Å². The zero-order chi connectivity index (χ0) is 11.2. The predicted molar refractivity (Wildman–Crippen MR) is 65.7 cm³/mol. The molecule has 0 atom stereocenters. The molecule has 2 rings (SSSR count). The summed E-state index contributed by atoms with van der Waals surface area (Å²) < 4.78 is 12.7. The van der Waals surface area contributed by atoms with Crippen molar-refractivity contribution in [1.82, 2.24) is 4.90 Å². The van der Waals surface area contributed by atoms with Gasteiger partial charge in [0, 0.05) is 6.54 Å². The molecule has 0 saturated carbocycles. The molecule has 2 heteroatoms. The first-order valence-electron chi connectivity index (χ1n) is 5.99. The third-order valence-corrected chi connectivity index (χ3v) is 2.99. The second kappa shape index (κ2) is 5.80. The Bertz CT molecular complexity index is 336. The molecule has 1 nitrogen and oxygen atoms in total. The maximum absolute atomic E-state index is 12.7. The van der Waals surface area contributed by atoms with Gasteiger partial charge in [0.15, 0.2) is 0 Å². The van der Waals surface area contributed by atoms with Gasteiger partial charge in [0.2, 0.25) is 0 Å². The van der Waals surface area contributed by atoms with Crippen molar-refractivity contribution in [1.29, 1.82) is 0 Å². The monoisotopic (exact) mass is 218 g/mol. The summed E-state index contributed by atoms with van der Waals surface area (Å²) in [5.74, 6) is -0.173. The van der Waals surface area contributed by atoms with E-state index in [1.54, 1.807) is 0 Å². The summed E-state index contributed by atoms with van der Waals surface area (Å²) in [5, 5.41) is 0. The Morgan fingerprint density at radius 2 is 1.75 bits per heavy atom. The molecule has 0 N–H and O–H groups in total. The van der Waals surface area contributed by atoms with Crippen molar-refractivity contribution in [2.45, 2.75) is 19.3 Å². The van der Waals surface area contributed by atoms with Gasteiger partial charge in [-0.2, -0.15) is 0 Å². The van der Waals surface area contributed by atoms with E-state index in [-0.39, 0.29) is 5.82 Å². The number of rotatable bonds is 3. The third kappa shape index (κ3) is 3.46. The zero-order valence-electron chi connectivity index (χ0n) is 9.53. The second-order valence-electron chi connectivity index (χ2n) is 4.32. The van der Waals surface area contributed by atoms with Crippen LogP contribution in [0.25, 0.3) is 6.08 Å². The largest absolute Gasteiger partial charge is 0.300 e. The fraction of sp³-hybridized carbons (Fsp3) is 0.429. The number of halogens is 1. The molecule has 16 heavy (non-hydrogen) atoms. The van der Waals surface area contributed by atoms with Gasteiger partial charge >= 0.3 is 0 Å². The minimum Gasteiger partial charge on any atom is -0.300 e. The molecule has 0 aliphatic carbocycles. The molecule has 0 amide bonds. The summed E-state index contributed by atoms with van der Waals surface area (Å²) in [4.78, 5) is 2.46. The first kappa shape index (κ1) is 11.3. The number of piperidine rings is 1. The first-order chi connectivity index (χ1) is 7.84. The van der Waals surface area contributed by atoms with Crippen LogP contribution in [0.2, 0.25) is 0 Å². The Labute approximate surface area is 96.6 Å². The van der Waals surface area contributed by atoms with E-state index in [2.05, 4.69) is 17.1 Å². The average Bonchev–Trinajstić information content (AvgIpc) is 2.33. The van der Waals surface area contributed by atoms with Crippen LogP contribution in [0.4, 0.5) is 4.39 Å². The number of hydrogen-bond acceptors (Lipinski definition) is 1. The smallest absolute Gasteiger partial charge is 0.123 e. The van der Waals surface area contributed by atoms with Crippen LogP contribution in [0.3, 0.4) is 0 Å². The van der Waals surface area contributed by atoms with Crippen molar-refractivity contribution in [3.8, 4) is 0 Å². The van der Waals surface area contributed by atoms with E-state index in [1.165, 1.54) is 44.5 Å². The summed E-state index contributed by atoms with van der Waals surface area (Å²) in [6.45, 7) is 3.44. The van der Waals surface area contributed by atoms with Gasteiger partial charge in [-0.15, -0.1) is 0 Å². The van der Waals surface area contributed by atoms with Gasteiger partial charge in [0.1, 0.15) is 5.82 Å². The van der Waals surface area contributed by atoms with Crippen molar-refractivity contribution < 1.29 is 4.39 Å². The van der Waals surface area contributed by atoms with Crippen LogP contribution < -0.4 is 0 Å².